The summed E-state index contributed by atoms with van der Waals surface area (Å²) in [7, 11) is 0. The van der Waals surface area contributed by atoms with Gasteiger partial charge in [0.2, 0.25) is 0 Å². The van der Waals surface area contributed by atoms with E-state index in [0.717, 1.165) is 25.7 Å². The third-order valence-corrected chi connectivity index (χ3v) is 4.83. The van der Waals surface area contributed by atoms with Crippen LogP contribution in [0.1, 0.15) is 97.8 Å². The van der Waals surface area contributed by atoms with Gasteiger partial charge >= 0.3 is 5.97 Å². The Morgan fingerprint density at radius 2 is 1.61 bits per heavy atom. The molecule has 162 valence electrons. The number of hydrogen-bond acceptors (Lipinski definition) is 4. The standard InChI is InChI=1S/C24H42O4/c1-4-5-6-7-8-9-10-11-12-13-14-15-16-17-18-19-23(25)26-20-22-21-27-24(2,3)28-22/h8-9,11-12,22H,4-7,10,13-21H2,1-3H3/b9-8-,12-11-. The molecule has 0 bridgehead atoms. The zero-order chi connectivity index (χ0) is 20.5. The largest absolute Gasteiger partial charge is 0.463 e. The summed E-state index contributed by atoms with van der Waals surface area (Å²) in [6, 6.07) is 0. The normalized spacial score (nSPS) is 19.0. The van der Waals surface area contributed by atoms with Crippen LogP contribution in [0.5, 0.6) is 0 Å². The van der Waals surface area contributed by atoms with Crippen molar-refractivity contribution in [3.05, 3.63) is 24.3 Å². The van der Waals surface area contributed by atoms with Crippen LogP contribution in [0.4, 0.5) is 0 Å². The smallest absolute Gasteiger partial charge is 0.305 e. The van der Waals surface area contributed by atoms with E-state index in [4.69, 9.17) is 14.2 Å². The average Bonchev–Trinajstić information content (AvgIpc) is 3.02. The van der Waals surface area contributed by atoms with Crippen LogP contribution in [0, 0.1) is 0 Å². The molecule has 0 aromatic rings. The fourth-order valence-corrected chi connectivity index (χ4v) is 3.18. The van der Waals surface area contributed by atoms with Crippen LogP contribution in [0.3, 0.4) is 0 Å². The lowest BCUT2D eigenvalue weighted by atomic mass is 10.1. The summed E-state index contributed by atoms with van der Waals surface area (Å²) in [4.78, 5) is 11.8. The third-order valence-electron chi connectivity index (χ3n) is 4.83. The predicted octanol–water partition coefficient (Wildman–Crippen LogP) is 6.49. The topological polar surface area (TPSA) is 44.8 Å². The SMILES string of the molecule is CCCCC/C=C\C/C=C\CCCCCCCC(=O)OCC1COC(C)(C)O1. The van der Waals surface area contributed by atoms with Crippen LogP contribution in [0.2, 0.25) is 0 Å². The summed E-state index contributed by atoms with van der Waals surface area (Å²) in [6.07, 6.45) is 22.5. The molecule has 1 atom stereocenters. The zero-order valence-electron chi connectivity index (χ0n) is 18.4. The van der Waals surface area contributed by atoms with Gasteiger partial charge < -0.3 is 14.2 Å². The lowest BCUT2D eigenvalue weighted by Crippen LogP contribution is -2.25. The summed E-state index contributed by atoms with van der Waals surface area (Å²) >= 11 is 0. The monoisotopic (exact) mass is 394 g/mol. The highest BCUT2D eigenvalue weighted by Crippen LogP contribution is 2.22. The number of rotatable bonds is 16. The first kappa shape index (κ1) is 24.9. The molecule has 0 aromatic heterocycles. The highest BCUT2D eigenvalue weighted by Gasteiger charge is 2.33. The Labute approximate surface area is 172 Å². The molecule has 28 heavy (non-hydrogen) atoms. The minimum absolute atomic E-state index is 0.126. The van der Waals surface area contributed by atoms with E-state index in [1.807, 2.05) is 13.8 Å². The van der Waals surface area contributed by atoms with Crippen LogP contribution in [-0.4, -0.2) is 31.1 Å². The average molecular weight is 395 g/mol. The van der Waals surface area contributed by atoms with Crippen molar-refractivity contribution in [1.82, 2.24) is 0 Å². The number of esters is 1. The van der Waals surface area contributed by atoms with E-state index in [9.17, 15) is 4.79 Å². The molecule has 0 aliphatic carbocycles. The molecule has 0 spiro atoms. The Morgan fingerprint density at radius 3 is 2.25 bits per heavy atom. The van der Waals surface area contributed by atoms with Gasteiger partial charge in [0.1, 0.15) is 12.7 Å². The Morgan fingerprint density at radius 1 is 0.964 bits per heavy atom. The Bertz CT molecular complexity index is 454. The van der Waals surface area contributed by atoms with Gasteiger partial charge in [0.05, 0.1) is 6.61 Å². The summed E-state index contributed by atoms with van der Waals surface area (Å²) < 4.78 is 16.4. The molecule has 0 aromatic carbocycles. The van der Waals surface area contributed by atoms with Crippen molar-refractivity contribution in [3.8, 4) is 0 Å². The fourth-order valence-electron chi connectivity index (χ4n) is 3.18. The fraction of sp³-hybridized carbons (Fsp3) is 0.792. The van der Waals surface area contributed by atoms with Crippen molar-refractivity contribution >= 4 is 5.97 Å². The molecule has 4 nitrogen and oxygen atoms in total. The summed E-state index contributed by atoms with van der Waals surface area (Å²) in [5, 5.41) is 0. The molecule has 0 radical (unpaired) electrons. The number of hydrogen-bond donors (Lipinski definition) is 0. The summed E-state index contributed by atoms with van der Waals surface area (Å²) in [5.74, 6) is -0.684. The maximum atomic E-state index is 11.8. The van der Waals surface area contributed by atoms with Crippen LogP contribution >= 0.6 is 0 Å². The molecule has 1 saturated heterocycles. The van der Waals surface area contributed by atoms with Gasteiger partial charge in [0, 0.05) is 6.42 Å². The first-order valence-corrected chi connectivity index (χ1v) is 11.3. The molecule has 1 aliphatic heterocycles. The van der Waals surface area contributed by atoms with Crippen LogP contribution < -0.4 is 0 Å². The van der Waals surface area contributed by atoms with Gasteiger partial charge in [-0.2, -0.15) is 0 Å². The van der Waals surface area contributed by atoms with Crippen molar-refractivity contribution in [2.45, 2.75) is 110 Å². The van der Waals surface area contributed by atoms with Crippen LogP contribution in [0.25, 0.3) is 0 Å². The van der Waals surface area contributed by atoms with Gasteiger partial charge in [-0.25, -0.2) is 0 Å². The van der Waals surface area contributed by atoms with Crippen molar-refractivity contribution in [2.24, 2.45) is 0 Å². The second-order valence-corrected chi connectivity index (χ2v) is 8.11. The minimum atomic E-state index is -0.558. The lowest BCUT2D eigenvalue weighted by Gasteiger charge is -2.16. The van der Waals surface area contributed by atoms with E-state index in [0.29, 0.717) is 19.6 Å². The molecule has 0 N–H and O–H groups in total. The van der Waals surface area contributed by atoms with E-state index in [1.165, 1.54) is 44.9 Å². The van der Waals surface area contributed by atoms with E-state index < -0.39 is 5.79 Å². The molecular formula is C24H42O4. The molecule has 1 heterocycles. The maximum Gasteiger partial charge on any atom is 0.305 e. The Kier molecular flexibility index (Phi) is 14.0. The molecule has 1 fully saturated rings. The van der Waals surface area contributed by atoms with Crippen LogP contribution in [-0.2, 0) is 19.0 Å². The zero-order valence-corrected chi connectivity index (χ0v) is 18.4. The first-order valence-electron chi connectivity index (χ1n) is 11.3. The van der Waals surface area contributed by atoms with Crippen molar-refractivity contribution in [1.29, 1.82) is 0 Å². The predicted molar refractivity (Wildman–Crippen MR) is 115 cm³/mol. The molecule has 0 amide bonds. The highest BCUT2D eigenvalue weighted by atomic mass is 16.7. The minimum Gasteiger partial charge on any atom is -0.463 e. The Hall–Kier alpha value is -1.13. The van der Waals surface area contributed by atoms with Gasteiger partial charge in [-0.15, -0.1) is 0 Å². The quantitative estimate of drug-likeness (QED) is 0.170. The van der Waals surface area contributed by atoms with Crippen molar-refractivity contribution < 1.29 is 19.0 Å². The van der Waals surface area contributed by atoms with E-state index in [1.54, 1.807) is 0 Å². The lowest BCUT2D eigenvalue weighted by molar-refractivity contribution is -0.158. The van der Waals surface area contributed by atoms with Crippen molar-refractivity contribution in [3.63, 3.8) is 0 Å². The van der Waals surface area contributed by atoms with E-state index >= 15 is 0 Å². The van der Waals surface area contributed by atoms with E-state index in [-0.39, 0.29) is 12.1 Å². The van der Waals surface area contributed by atoms with Crippen molar-refractivity contribution in [2.75, 3.05) is 13.2 Å². The summed E-state index contributed by atoms with van der Waals surface area (Å²) in [6.45, 7) is 6.77. The van der Waals surface area contributed by atoms with Gasteiger partial charge in [0.25, 0.3) is 0 Å². The van der Waals surface area contributed by atoms with Gasteiger partial charge in [0.15, 0.2) is 5.79 Å². The molecular weight excluding hydrogens is 352 g/mol. The van der Waals surface area contributed by atoms with Crippen LogP contribution in [0.15, 0.2) is 24.3 Å². The first-order chi connectivity index (χ1) is 13.5. The number of carbonyl (C=O) groups excluding carboxylic acids is 1. The summed E-state index contributed by atoms with van der Waals surface area (Å²) in [5.41, 5.74) is 0. The Balaban J connectivity index is 1.84. The number of allylic oxidation sites excluding steroid dienone is 4. The number of ether oxygens (including phenoxy) is 3. The highest BCUT2D eigenvalue weighted by molar-refractivity contribution is 5.69. The second-order valence-electron chi connectivity index (χ2n) is 8.11. The van der Waals surface area contributed by atoms with Gasteiger partial charge in [-0.1, -0.05) is 63.3 Å². The number of carbonyl (C=O) groups is 1. The number of unbranched alkanes of at least 4 members (excludes halogenated alkanes) is 8. The van der Waals surface area contributed by atoms with Gasteiger partial charge in [-0.05, 0) is 52.4 Å². The molecule has 1 rings (SSSR count). The molecule has 1 aliphatic rings. The molecule has 4 heteroatoms. The molecule has 0 saturated carbocycles. The van der Waals surface area contributed by atoms with Gasteiger partial charge in [-0.3, -0.25) is 4.79 Å². The third kappa shape index (κ3) is 14.0. The second kappa shape index (κ2) is 15.8. The van der Waals surface area contributed by atoms with E-state index in [2.05, 4.69) is 31.2 Å². The molecule has 1 unspecified atom stereocenters. The maximum absolute atomic E-state index is 11.8.